The summed E-state index contributed by atoms with van der Waals surface area (Å²) in [4.78, 5) is 10.7. The summed E-state index contributed by atoms with van der Waals surface area (Å²) in [7, 11) is 0. The smallest absolute Gasteiger partial charge is 0.337 e. The fraction of sp³-hybridized carbons (Fsp3) is 0. The number of carboxylic acid groups (broad SMARTS) is 1. The molecule has 2 aromatic rings. The summed E-state index contributed by atoms with van der Waals surface area (Å²) < 4.78 is 13.1. The largest absolute Gasteiger partial charge is 0.504 e. The second kappa shape index (κ2) is 2.95. The molecule has 0 radical (unpaired) electrons. The third kappa shape index (κ3) is 1.13. The topological polar surface area (TPSA) is 57.5 Å². The van der Waals surface area contributed by atoms with Crippen LogP contribution in [-0.2, 0) is 0 Å². The summed E-state index contributed by atoms with van der Waals surface area (Å²) in [6.45, 7) is 0. The van der Waals surface area contributed by atoms with Gasteiger partial charge in [-0.05, 0) is 12.1 Å². The Labute approximate surface area is 82.0 Å². The number of carbonyl (C=O) groups is 1. The maximum atomic E-state index is 12.9. The summed E-state index contributed by atoms with van der Waals surface area (Å²) in [6.07, 6.45) is 0. The van der Waals surface area contributed by atoms with Crippen LogP contribution in [0, 0.1) is 5.82 Å². The highest BCUT2D eigenvalue weighted by molar-refractivity contribution is 7.18. The van der Waals surface area contributed by atoms with Gasteiger partial charge >= 0.3 is 5.97 Å². The Morgan fingerprint density at radius 1 is 1.43 bits per heavy atom. The molecule has 1 aromatic carbocycles. The second-order valence-electron chi connectivity index (χ2n) is 2.73. The first-order valence-electron chi connectivity index (χ1n) is 3.73. The minimum absolute atomic E-state index is 0.0836. The van der Waals surface area contributed by atoms with Crippen LogP contribution in [0.4, 0.5) is 4.39 Å². The van der Waals surface area contributed by atoms with Crippen molar-refractivity contribution in [3.05, 3.63) is 28.9 Å². The van der Waals surface area contributed by atoms with E-state index >= 15 is 0 Å². The van der Waals surface area contributed by atoms with Gasteiger partial charge in [-0.3, -0.25) is 0 Å². The fourth-order valence-corrected chi connectivity index (χ4v) is 2.20. The van der Waals surface area contributed by atoms with Crippen molar-refractivity contribution < 1.29 is 19.4 Å². The Morgan fingerprint density at radius 3 is 2.79 bits per heavy atom. The highest BCUT2D eigenvalue weighted by atomic mass is 32.1. The Bertz CT molecular complexity index is 518. The molecule has 0 saturated heterocycles. The summed E-state index contributed by atoms with van der Waals surface area (Å²) in [5, 5.41) is 19.8. The molecular formula is C9H5FO3S. The quantitative estimate of drug-likeness (QED) is 0.763. The number of carboxylic acids is 1. The average molecular weight is 212 g/mol. The first kappa shape index (κ1) is 8.96. The van der Waals surface area contributed by atoms with Gasteiger partial charge in [-0.15, -0.1) is 11.3 Å². The van der Waals surface area contributed by atoms with Crippen LogP contribution in [0.15, 0.2) is 17.5 Å². The van der Waals surface area contributed by atoms with E-state index in [-0.39, 0.29) is 10.3 Å². The van der Waals surface area contributed by atoms with Gasteiger partial charge in [-0.2, -0.15) is 0 Å². The molecule has 0 atom stereocenters. The van der Waals surface area contributed by atoms with Gasteiger partial charge in [0.1, 0.15) is 0 Å². The molecule has 2 rings (SSSR count). The monoisotopic (exact) mass is 212 g/mol. The van der Waals surface area contributed by atoms with Crippen molar-refractivity contribution in [3.8, 4) is 5.75 Å². The highest BCUT2D eigenvalue weighted by Crippen LogP contribution is 2.34. The fourth-order valence-electron chi connectivity index (χ4n) is 1.23. The number of halogens is 1. The average Bonchev–Trinajstić information content (AvgIpc) is 2.55. The van der Waals surface area contributed by atoms with Crippen molar-refractivity contribution in [3.63, 3.8) is 0 Å². The maximum Gasteiger partial charge on any atom is 0.337 e. The standard InChI is InChI=1S/C9H5FO3S/c10-6-2-1-4-5(9(12)13)3-14-8(4)7(6)11/h1-3,11H,(H,12,13). The van der Waals surface area contributed by atoms with Crippen LogP contribution in [0.3, 0.4) is 0 Å². The maximum absolute atomic E-state index is 12.9. The molecule has 0 spiro atoms. The number of rotatable bonds is 1. The summed E-state index contributed by atoms with van der Waals surface area (Å²) in [5.41, 5.74) is 0.0836. The normalized spacial score (nSPS) is 10.6. The van der Waals surface area contributed by atoms with Crippen LogP contribution in [0.5, 0.6) is 5.75 Å². The molecule has 3 nitrogen and oxygen atoms in total. The third-order valence-corrected chi connectivity index (χ3v) is 2.90. The predicted molar refractivity (Wildman–Crippen MR) is 50.4 cm³/mol. The third-order valence-electron chi connectivity index (χ3n) is 1.90. The Hall–Kier alpha value is -1.62. The van der Waals surface area contributed by atoms with Gasteiger partial charge in [0.25, 0.3) is 0 Å². The second-order valence-corrected chi connectivity index (χ2v) is 3.61. The number of aromatic hydroxyl groups is 1. The van der Waals surface area contributed by atoms with Crippen molar-refractivity contribution in [1.29, 1.82) is 0 Å². The SMILES string of the molecule is O=C(O)c1csc2c(O)c(F)ccc12. The minimum atomic E-state index is -1.08. The van der Waals surface area contributed by atoms with Crippen LogP contribution >= 0.6 is 11.3 Å². The lowest BCUT2D eigenvalue weighted by Gasteiger charge is -1.96. The molecule has 0 unspecified atom stereocenters. The van der Waals surface area contributed by atoms with Gasteiger partial charge in [0.2, 0.25) is 0 Å². The van der Waals surface area contributed by atoms with Gasteiger partial charge in [0, 0.05) is 10.8 Å². The molecule has 0 saturated carbocycles. The van der Waals surface area contributed by atoms with E-state index in [1.165, 1.54) is 11.4 Å². The summed E-state index contributed by atoms with van der Waals surface area (Å²) >= 11 is 1.01. The van der Waals surface area contributed by atoms with Crippen molar-refractivity contribution in [2.75, 3.05) is 0 Å². The number of hydrogen-bond donors (Lipinski definition) is 2. The molecule has 0 aliphatic heterocycles. The number of hydrogen-bond acceptors (Lipinski definition) is 3. The molecule has 0 bridgehead atoms. The van der Waals surface area contributed by atoms with Gasteiger partial charge in [0.15, 0.2) is 11.6 Å². The van der Waals surface area contributed by atoms with Gasteiger partial charge in [0.05, 0.1) is 10.3 Å². The van der Waals surface area contributed by atoms with E-state index in [0.717, 1.165) is 17.4 Å². The first-order chi connectivity index (χ1) is 6.61. The number of aromatic carboxylic acids is 1. The first-order valence-corrected chi connectivity index (χ1v) is 4.61. The molecule has 0 aliphatic carbocycles. The molecule has 0 amide bonds. The van der Waals surface area contributed by atoms with E-state index in [1.54, 1.807) is 0 Å². The zero-order valence-corrected chi connectivity index (χ0v) is 7.64. The van der Waals surface area contributed by atoms with Crippen LogP contribution in [0.25, 0.3) is 10.1 Å². The molecule has 0 fully saturated rings. The van der Waals surface area contributed by atoms with Crippen LogP contribution in [-0.4, -0.2) is 16.2 Å². The lowest BCUT2D eigenvalue weighted by Crippen LogP contribution is -1.93. The number of benzene rings is 1. The predicted octanol–water partition coefficient (Wildman–Crippen LogP) is 2.44. The van der Waals surface area contributed by atoms with Crippen LogP contribution < -0.4 is 0 Å². The molecule has 14 heavy (non-hydrogen) atoms. The summed E-state index contributed by atoms with van der Waals surface area (Å²) in [6, 6.07) is 2.40. The zero-order valence-electron chi connectivity index (χ0n) is 6.82. The molecule has 5 heteroatoms. The lowest BCUT2D eigenvalue weighted by molar-refractivity contribution is 0.0699. The molecule has 0 aliphatic rings. The van der Waals surface area contributed by atoms with Gasteiger partial charge in [-0.1, -0.05) is 0 Å². The van der Waals surface area contributed by atoms with E-state index in [0.29, 0.717) is 5.39 Å². The van der Waals surface area contributed by atoms with Gasteiger partial charge in [-0.25, -0.2) is 9.18 Å². The minimum Gasteiger partial charge on any atom is -0.504 e. The number of phenols is 1. The molecular weight excluding hydrogens is 207 g/mol. The molecule has 1 aromatic heterocycles. The summed E-state index contributed by atoms with van der Waals surface area (Å²) in [5.74, 6) is -2.31. The van der Waals surface area contributed by atoms with Crippen molar-refractivity contribution in [2.24, 2.45) is 0 Å². The van der Waals surface area contributed by atoms with Crippen molar-refractivity contribution in [2.45, 2.75) is 0 Å². The van der Waals surface area contributed by atoms with Crippen LogP contribution in [0.1, 0.15) is 10.4 Å². The highest BCUT2D eigenvalue weighted by Gasteiger charge is 2.15. The number of phenolic OH excluding ortho intramolecular Hbond substituents is 1. The van der Waals surface area contributed by atoms with E-state index in [9.17, 15) is 14.3 Å². The van der Waals surface area contributed by atoms with Crippen molar-refractivity contribution in [1.82, 2.24) is 0 Å². The van der Waals surface area contributed by atoms with E-state index in [2.05, 4.69) is 0 Å². The molecule has 72 valence electrons. The van der Waals surface area contributed by atoms with Gasteiger partial charge < -0.3 is 10.2 Å². The number of fused-ring (bicyclic) bond motifs is 1. The molecule has 1 heterocycles. The molecule has 2 N–H and O–H groups in total. The van der Waals surface area contributed by atoms with Crippen LogP contribution in [0.2, 0.25) is 0 Å². The Balaban J connectivity index is 2.83. The van der Waals surface area contributed by atoms with E-state index < -0.39 is 17.5 Å². The van der Waals surface area contributed by atoms with E-state index in [1.807, 2.05) is 0 Å². The Morgan fingerprint density at radius 2 is 2.14 bits per heavy atom. The lowest BCUT2D eigenvalue weighted by atomic mass is 10.1. The van der Waals surface area contributed by atoms with Crippen molar-refractivity contribution >= 4 is 27.4 Å². The number of thiophene rings is 1. The van der Waals surface area contributed by atoms with E-state index in [4.69, 9.17) is 5.11 Å². The Kier molecular flexibility index (Phi) is 1.89. The zero-order chi connectivity index (χ0) is 10.3.